The third-order valence-corrected chi connectivity index (χ3v) is 4.14. The van der Waals surface area contributed by atoms with Crippen molar-refractivity contribution in [2.24, 2.45) is 0 Å². The van der Waals surface area contributed by atoms with E-state index < -0.39 is 27.6 Å². The first-order chi connectivity index (χ1) is 11.1. The number of benzene rings is 2. The van der Waals surface area contributed by atoms with Gasteiger partial charge in [0.25, 0.3) is 0 Å². The Balaban J connectivity index is 2.00. The monoisotopic (exact) mass is 358 g/mol. The highest BCUT2D eigenvalue weighted by atomic mass is 32.2. The molecule has 5 nitrogen and oxygen atoms in total. The molecule has 0 bridgehead atoms. The number of hydrogen-bond donors (Lipinski definition) is 2. The highest BCUT2D eigenvalue weighted by molar-refractivity contribution is 7.90. The number of carbonyl (C=O) groups excluding carboxylic acids is 1. The van der Waals surface area contributed by atoms with E-state index in [9.17, 15) is 26.4 Å². The lowest BCUT2D eigenvalue weighted by Gasteiger charge is -2.10. The fourth-order valence-corrected chi connectivity index (χ4v) is 2.45. The van der Waals surface area contributed by atoms with Crippen LogP contribution in [0, 0.1) is 0 Å². The van der Waals surface area contributed by atoms with Gasteiger partial charge in [-0.3, -0.25) is 0 Å². The minimum atomic E-state index is -4.44. The van der Waals surface area contributed by atoms with Crippen molar-refractivity contribution >= 4 is 27.2 Å². The molecule has 0 saturated heterocycles. The summed E-state index contributed by atoms with van der Waals surface area (Å²) in [5.74, 6) is 0. The number of rotatable bonds is 3. The van der Waals surface area contributed by atoms with Crippen LogP contribution in [0.25, 0.3) is 0 Å². The maximum Gasteiger partial charge on any atom is 0.416 e. The third kappa shape index (κ3) is 4.72. The number of amides is 2. The fourth-order valence-electron chi connectivity index (χ4n) is 1.82. The molecule has 2 rings (SSSR count). The summed E-state index contributed by atoms with van der Waals surface area (Å²) >= 11 is 0. The normalized spacial score (nSPS) is 11.8. The summed E-state index contributed by atoms with van der Waals surface area (Å²) < 4.78 is 60.0. The van der Waals surface area contributed by atoms with E-state index in [1.165, 1.54) is 24.3 Å². The molecule has 2 aromatic carbocycles. The number of halogens is 3. The molecular formula is C15H13F3N2O3S. The van der Waals surface area contributed by atoms with Crippen LogP contribution in [0.2, 0.25) is 0 Å². The molecule has 0 aliphatic heterocycles. The average molecular weight is 358 g/mol. The highest BCUT2D eigenvalue weighted by Gasteiger charge is 2.29. The first-order valence-electron chi connectivity index (χ1n) is 6.61. The molecule has 0 unspecified atom stereocenters. The standard InChI is InChI=1S/C15H13F3N2O3S/c1-24(22,23)13-8-6-12(7-9-13)20-14(21)19-11-4-2-10(3-5-11)15(16,17)18/h2-9H,1H3,(H2,19,20,21). The Morgan fingerprint density at radius 2 is 1.29 bits per heavy atom. The number of carbonyl (C=O) groups is 1. The van der Waals surface area contributed by atoms with Gasteiger partial charge >= 0.3 is 12.2 Å². The molecule has 0 radical (unpaired) electrons. The summed E-state index contributed by atoms with van der Waals surface area (Å²) in [6.07, 6.45) is -3.38. The van der Waals surface area contributed by atoms with Gasteiger partial charge in [0, 0.05) is 17.6 Å². The van der Waals surface area contributed by atoms with E-state index in [0.29, 0.717) is 5.69 Å². The van der Waals surface area contributed by atoms with Gasteiger partial charge in [0.2, 0.25) is 0 Å². The van der Waals surface area contributed by atoms with Crippen LogP contribution in [0.3, 0.4) is 0 Å². The molecule has 9 heteroatoms. The summed E-state index contributed by atoms with van der Waals surface area (Å²) in [4.78, 5) is 11.9. The third-order valence-electron chi connectivity index (χ3n) is 3.01. The molecule has 128 valence electrons. The Kier molecular flexibility index (Phi) is 4.83. The molecule has 2 N–H and O–H groups in total. The van der Waals surface area contributed by atoms with Crippen LogP contribution in [0.4, 0.5) is 29.3 Å². The van der Waals surface area contributed by atoms with Gasteiger partial charge in [-0.15, -0.1) is 0 Å². The average Bonchev–Trinajstić information content (AvgIpc) is 2.46. The summed E-state index contributed by atoms with van der Waals surface area (Å²) in [5.41, 5.74) is -0.287. The lowest BCUT2D eigenvalue weighted by molar-refractivity contribution is -0.137. The zero-order chi connectivity index (χ0) is 18.0. The van der Waals surface area contributed by atoms with Gasteiger partial charge in [-0.2, -0.15) is 13.2 Å². The van der Waals surface area contributed by atoms with Crippen molar-refractivity contribution in [3.8, 4) is 0 Å². The number of urea groups is 1. The predicted molar refractivity (Wildman–Crippen MR) is 83.6 cm³/mol. The Hall–Kier alpha value is -2.55. The van der Waals surface area contributed by atoms with E-state index in [0.717, 1.165) is 30.5 Å². The van der Waals surface area contributed by atoms with Gasteiger partial charge in [0.15, 0.2) is 9.84 Å². The summed E-state index contributed by atoms with van der Waals surface area (Å²) in [6.45, 7) is 0. The molecule has 0 fully saturated rings. The van der Waals surface area contributed by atoms with Crippen molar-refractivity contribution in [1.29, 1.82) is 0 Å². The SMILES string of the molecule is CS(=O)(=O)c1ccc(NC(=O)Nc2ccc(C(F)(F)F)cc2)cc1. The van der Waals surface area contributed by atoms with Gasteiger partial charge in [-0.25, -0.2) is 13.2 Å². The minimum absolute atomic E-state index is 0.108. The van der Waals surface area contributed by atoms with Crippen LogP contribution < -0.4 is 10.6 Å². The number of anilines is 2. The minimum Gasteiger partial charge on any atom is -0.308 e. The Morgan fingerprint density at radius 3 is 1.67 bits per heavy atom. The topological polar surface area (TPSA) is 75.3 Å². The predicted octanol–water partition coefficient (Wildman–Crippen LogP) is 3.75. The molecule has 0 atom stereocenters. The van der Waals surface area contributed by atoms with E-state index in [-0.39, 0.29) is 10.6 Å². The Morgan fingerprint density at radius 1 is 0.875 bits per heavy atom. The lowest BCUT2D eigenvalue weighted by Crippen LogP contribution is -2.19. The smallest absolute Gasteiger partial charge is 0.308 e. The quantitative estimate of drug-likeness (QED) is 0.877. The second-order valence-corrected chi connectivity index (χ2v) is 6.97. The van der Waals surface area contributed by atoms with Crippen LogP contribution in [0.15, 0.2) is 53.4 Å². The van der Waals surface area contributed by atoms with Crippen LogP contribution in [-0.4, -0.2) is 20.7 Å². The van der Waals surface area contributed by atoms with Crippen LogP contribution in [0.1, 0.15) is 5.56 Å². The zero-order valence-electron chi connectivity index (χ0n) is 12.4. The van der Waals surface area contributed by atoms with Gasteiger partial charge in [0.1, 0.15) is 0 Å². The molecule has 0 aliphatic rings. The Bertz CT molecular complexity index is 830. The molecule has 2 aromatic rings. The fraction of sp³-hybridized carbons (Fsp3) is 0.133. The van der Waals surface area contributed by atoms with Crippen LogP contribution in [-0.2, 0) is 16.0 Å². The van der Waals surface area contributed by atoms with E-state index in [1.54, 1.807) is 0 Å². The van der Waals surface area contributed by atoms with Gasteiger partial charge in [-0.05, 0) is 48.5 Å². The van der Waals surface area contributed by atoms with Crippen molar-refractivity contribution in [1.82, 2.24) is 0 Å². The zero-order valence-corrected chi connectivity index (χ0v) is 13.2. The van der Waals surface area contributed by atoms with E-state index >= 15 is 0 Å². The van der Waals surface area contributed by atoms with Crippen molar-refractivity contribution in [2.45, 2.75) is 11.1 Å². The molecule has 0 heterocycles. The van der Waals surface area contributed by atoms with Crippen molar-refractivity contribution < 1.29 is 26.4 Å². The second-order valence-electron chi connectivity index (χ2n) is 4.95. The maximum absolute atomic E-state index is 12.4. The molecular weight excluding hydrogens is 345 g/mol. The van der Waals surface area contributed by atoms with Crippen molar-refractivity contribution in [2.75, 3.05) is 16.9 Å². The first-order valence-corrected chi connectivity index (χ1v) is 8.50. The summed E-state index contributed by atoms with van der Waals surface area (Å²) in [7, 11) is -3.33. The molecule has 2 amide bonds. The summed E-state index contributed by atoms with van der Waals surface area (Å²) in [6, 6.07) is 8.80. The van der Waals surface area contributed by atoms with E-state index in [2.05, 4.69) is 10.6 Å². The van der Waals surface area contributed by atoms with Gasteiger partial charge in [-0.1, -0.05) is 0 Å². The first kappa shape index (κ1) is 17.8. The van der Waals surface area contributed by atoms with Crippen molar-refractivity contribution in [3.63, 3.8) is 0 Å². The van der Waals surface area contributed by atoms with Gasteiger partial charge in [0.05, 0.1) is 10.5 Å². The largest absolute Gasteiger partial charge is 0.416 e. The molecule has 24 heavy (non-hydrogen) atoms. The molecule has 0 spiro atoms. The molecule has 0 aromatic heterocycles. The van der Waals surface area contributed by atoms with E-state index in [1.807, 2.05) is 0 Å². The second kappa shape index (κ2) is 6.52. The molecule has 0 saturated carbocycles. The van der Waals surface area contributed by atoms with Crippen molar-refractivity contribution in [3.05, 3.63) is 54.1 Å². The maximum atomic E-state index is 12.4. The highest BCUT2D eigenvalue weighted by Crippen LogP contribution is 2.29. The lowest BCUT2D eigenvalue weighted by atomic mass is 10.2. The Labute approximate surface area is 136 Å². The van der Waals surface area contributed by atoms with Crippen LogP contribution in [0.5, 0.6) is 0 Å². The number of alkyl halides is 3. The molecule has 0 aliphatic carbocycles. The van der Waals surface area contributed by atoms with Gasteiger partial charge < -0.3 is 10.6 Å². The number of sulfone groups is 1. The number of hydrogen-bond acceptors (Lipinski definition) is 3. The number of nitrogens with one attached hydrogen (secondary N) is 2. The van der Waals surface area contributed by atoms with E-state index in [4.69, 9.17) is 0 Å². The summed E-state index contributed by atoms with van der Waals surface area (Å²) in [5, 5.41) is 4.83. The van der Waals surface area contributed by atoms with Crippen LogP contribution >= 0.6 is 0 Å².